The van der Waals surface area contributed by atoms with E-state index < -0.39 is 0 Å². The van der Waals surface area contributed by atoms with Crippen molar-refractivity contribution >= 4 is 17.2 Å². The number of carbonyl (C=O) groups is 1. The second kappa shape index (κ2) is 7.06. The van der Waals surface area contributed by atoms with Crippen molar-refractivity contribution in [3.05, 3.63) is 21.9 Å². The summed E-state index contributed by atoms with van der Waals surface area (Å²) >= 11 is 1.82. The Labute approximate surface area is 120 Å². The van der Waals surface area contributed by atoms with Crippen molar-refractivity contribution in [2.24, 2.45) is 0 Å². The van der Waals surface area contributed by atoms with Crippen LogP contribution in [0.3, 0.4) is 0 Å². The van der Waals surface area contributed by atoms with Crippen LogP contribution in [0.4, 0.5) is 0 Å². The molecule has 0 fully saturated rings. The van der Waals surface area contributed by atoms with Crippen LogP contribution >= 0.6 is 11.3 Å². The summed E-state index contributed by atoms with van der Waals surface area (Å²) in [6.07, 6.45) is 1.91. The summed E-state index contributed by atoms with van der Waals surface area (Å²) in [6, 6.07) is 4.62. The highest BCUT2D eigenvalue weighted by Gasteiger charge is 2.17. The Bertz CT molecular complexity index is 412. The van der Waals surface area contributed by atoms with E-state index in [0.717, 1.165) is 12.8 Å². The largest absolute Gasteiger partial charge is 0.350 e. The number of thiophene rings is 1. The van der Waals surface area contributed by atoms with E-state index in [1.54, 1.807) is 0 Å². The molecule has 1 atom stereocenters. The Morgan fingerprint density at radius 2 is 2.11 bits per heavy atom. The van der Waals surface area contributed by atoms with Crippen molar-refractivity contribution in [2.75, 3.05) is 6.54 Å². The fourth-order valence-corrected chi connectivity index (χ4v) is 2.76. The highest BCUT2D eigenvalue weighted by Crippen LogP contribution is 2.16. The quantitative estimate of drug-likeness (QED) is 0.807. The minimum atomic E-state index is -0.118. The molecular formula is C15H26N2OS. The van der Waals surface area contributed by atoms with Gasteiger partial charge in [-0.2, -0.15) is 0 Å². The van der Waals surface area contributed by atoms with E-state index in [4.69, 9.17) is 0 Å². The van der Waals surface area contributed by atoms with Gasteiger partial charge < -0.3 is 10.6 Å². The molecule has 108 valence electrons. The maximum absolute atomic E-state index is 11.8. The molecule has 0 saturated carbocycles. The Hall–Kier alpha value is -0.870. The van der Waals surface area contributed by atoms with Crippen molar-refractivity contribution in [2.45, 2.75) is 59.0 Å². The highest BCUT2D eigenvalue weighted by atomic mass is 32.1. The van der Waals surface area contributed by atoms with Crippen LogP contribution in [0.5, 0.6) is 0 Å². The molecule has 4 heteroatoms. The third-order valence-electron chi connectivity index (χ3n) is 3.28. The van der Waals surface area contributed by atoms with Crippen LogP contribution in [0.15, 0.2) is 12.1 Å². The molecule has 0 aliphatic rings. The van der Waals surface area contributed by atoms with Gasteiger partial charge in [0.2, 0.25) is 5.91 Å². The van der Waals surface area contributed by atoms with Crippen LogP contribution in [0.25, 0.3) is 0 Å². The van der Waals surface area contributed by atoms with E-state index in [0.29, 0.717) is 12.6 Å². The van der Waals surface area contributed by atoms with Crippen molar-refractivity contribution < 1.29 is 4.79 Å². The molecule has 1 aromatic rings. The summed E-state index contributed by atoms with van der Waals surface area (Å²) in [5.74, 6) is 0.0704. The molecule has 0 radical (unpaired) electrons. The lowest BCUT2D eigenvalue weighted by Crippen LogP contribution is -2.47. The molecule has 1 heterocycles. The van der Waals surface area contributed by atoms with Gasteiger partial charge in [0.05, 0.1) is 6.54 Å². The molecule has 19 heavy (non-hydrogen) atoms. The summed E-state index contributed by atoms with van der Waals surface area (Å²) in [5.41, 5.74) is -0.118. The molecule has 1 rings (SSSR count). The van der Waals surface area contributed by atoms with Crippen LogP contribution in [-0.4, -0.2) is 24.0 Å². The van der Waals surface area contributed by atoms with Gasteiger partial charge in [-0.1, -0.05) is 6.92 Å². The Morgan fingerprint density at radius 3 is 2.63 bits per heavy atom. The van der Waals surface area contributed by atoms with Gasteiger partial charge >= 0.3 is 0 Å². The van der Waals surface area contributed by atoms with E-state index >= 15 is 0 Å². The zero-order valence-electron chi connectivity index (χ0n) is 12.7. The average molecular weight is 282 g/mol. The third-order valence-corrected chi connectivity index (χ3v) is 4.30. The molecule has 2 N–H and O–H groups in total. The number of carbonyl (C=O) groups excluding carboxylic acids is 1. The number of hydrogen-bond donors (Lipinski definition) is 2. The molecule has 1 amide bonds. The molecule has 0 saturated heterocycles. The second-order valence-corrected chi connectivity index (χ2v) is 7.16. The summed E-state index contributed by atoms with van der Waals surface area (Å²) in [7, 11) is 0. The summed E-state index contributed by atoms with van der Waals surface area (Å²) in [5, 5.41) is 6.31. The van der Waals surface area contributed by atoms with Crippen molar-refractivity contribution in [3.63, 3.8) is 0 Å². The molecule has 0 spiro atoms. The fraction of sp³-hybridized carbons (Fsp3) is 0.667. The van der Waals surface area contributed by atoms with E-state index in [9.17, 15) is 4.79 Å². The van der Waals surface area contributed by atoms with Crippen LogP contribution in [0.1, 0.15) is 43.9 Å². The molecule has 1 aromatic heterocycles. The zero-order valence-corrected chi connectivity index (χ0v) is 13.5. The van der Waals surface area contributed by atoms with Gasteiger partial charge in [0.25, 0.3) is 0 Å². The standard InChI is InChI=1S/C15H26N2OS/c1-6-15(4,5)17-14(18)10-16-11(2)9-13-8-7-12(3)19-13/h7-8,11,16H,6,9-10H2,1-5H3,(H,17,18). The molecule has 1 unspecified atom stereocenters. The Morgan fingerprint density at radius 1 is 1.42 bits per heavy atom. The van der Waals surface area contributed by atoms with Gasteiger partial charge in [-0.05, 0) is 52.7 Å². The highest BCUT2D eigenvalue weighted by molar-refractivity contribution is 7.11. The Kier molecular flexibility index (Phi) is 6.01. The van der Waals surface area contributed by atoms with Crippen LogP contribution < -0.4 is 10.6 Å². The molecule has 0 bridgehead atoms. The van der Waals surface area contributed by atoms with E-state index in [1.165, 1.54) is 9.75 Å². The first-order valence-electron chi connectivity index (χ1n) is 6.92. The first-order valence-corrected chi connectivity index (χ1v) is 7.74. The van der Waals surface area contributed by atoms with E-state index in [2.05, 4.69) is 43.5 Å². The predicted octanol–water partition coefficient (Wildman–Crippen LogP) is 2.88. The Balaban J connectivity index is 2.30. The van der Waals surface area contributed by atoms with Crippen LogP contribution in [0, 0.1) is 6.92 Å². The van der Waals surface area contributed by atoms with Gasteiger partial charge in [-0.15, -0.1) is 11.3 Å². The molecule has 3 nitrogen and oxygen atoms in total. The number of hydrogen-bond acceptors (Lipinski definition) is 3. The van der Waals surface area contributed by atoms with E-state index in [1.807, 2.05) is 25.2 Å². The van der Waals surface area contributed by atoms with Crippen molar-refractivity contribution in [1.82, 2.24) is 10.6 Å². The lowest BCUT2D eigenvalue weighted by atomic mass is 10.0. The first-order chi connectivity index (χ1) is 8.82. The monoisotopic (exact) mass is 282 g/mol. The number of aryl methyl sites for hydroxylation is 1. The van der Waals surface area contributed by atoms with Crippen LogP contribution in [0.2, 0.25) is 0 Å². The zero-order chi connectivity index (χ0) is 14.5. The predicted molar refractivity (Wildman–Crippen MR) is 82.7 cm³/mol. The van der Waals surface area contributed by atoms with Gasteiger partial charge in [0, 0.05) is 21.3 Å². The van der Waals surface area contributed by atoms with Gasteiger partial charge in [-0.3, -0.25) is 4.79 Å². The summed E-state index contributed by atoms with van der Waals surface area (Å²) < 4.78 is 0. The molecule has 0 aromatic carbocycles. The van der Waals surface area contributed by atoms with Crippen LogP contribution in [-0.2, 0) is 11.2 Å². The minimum absolute atomic E-state index is 0.0704. The van der Waals surface area contributed by atoms with Crippen molar-refractivity contribution in [3.8, 4) is 0 Å². The van der Waals surface area contributed by atoms with Gasteiger partial charge in [0.15, 0.2) is 0 Å². The van der Waals surface area contributed by atoms with Gasteiger partial charge in [0.1, 0.15) is 0 Å². The fourth-order valence-electron chi connectivity index (χ4n) is 1.75. The van der Waals surface area contributed by atoms with Gasteiger partial charge in [-0.25, -0.2) is 0 Å². The summed E-state index contributed by atoms with van der Waals surface area (Å²) in [6.45, 7) is 10.8. The number of nitrogens with one attached hydrogen (secondary N) is 2. The normalized spacial score (nSPS) is 13.3. The third kappa shape index (κ3) is 6.21. The average Bonchev–Trinajstić information content (AvgIpc) is 2.72. The SMILES string of the molecule is CCC(C)(C)NC(=O)CNC(C)Cc1ccc(C)s1. The smallest absolute Gasteiger partial charge is 0.234 e. The molecule has 0 aliphatic carbocycles. The summed E-state index contributed by atoms with van der Waals surface area (Å²) in [4.78, 5) is 14.5. The second-order valence-electron chi connectivity index (χ2n) is 5.78. The number of amides is 1. The molecular weight excluding hydrogens is 256 g/mol. The van der Waals surface area contributed by atoms with E-state index in [-0.39, 0.29) is 11.4 Å². The topological polar surface area (TPSA) is 41.1 Å². The molecule has 0 aliphatic heterocycles. The number of rotatable bonds is 7. The van der Waals surface area contributed by atoms with Crippen molar-refractivity contribution in [1.29, 1.82) is 0 Å². The minimum Gasteiger partial charge on any atom is -0.350 e. The lowest BCUT2D eigenvalue weighted by Gasteiger charge is -2.25. The lowest BCUT2D eigenvalue weighted by molar-refractivity contribution is -0.121. The maximum atomic E-state index is 11.8. The maximum Gasteiger partial charge on any atom is 0.234 e. The first kappa shape index (κ1) is 16.2.